The van der Waals surface area contributed by atoms with Crippen molar-refractivity contribution in [3.63, 3.8) is 0 Å². The number of nitrogens with two attached hydrogens (primary N) is 1. The van der Waals surface area contributed by atoms with Gasteiger partial charge in [-0.05, 0) is 36.3 Å². The minimum absolute atomic E-state index is 0.617. The highest BCUT2D eigenvalue weighted by molar-refractivity contribution is 5.83. The Morgan fingerprint density at radius 2 is 1.88 bits per heavy atom. The second kappa shape index (κ2) is 6.84. The van der Waals surface area contributed by atoms with E-state index in [9.17, 15) is 0 Å². The number of rotatable bonds is 5. The molecule has 1 aliphatic rings. The SMILES string of the molecule is CC(/C=C(\N)n1cccn1)=C1C=[N+]1Cc1cccc(-c2ccccc2)c1. The average Bonchev–Trinajstić information content (AvgIpc) is 3.21. The molecule has 0 saturated heterocycles. The van der Waals surface area contributed by atoms with Gasteiger partial charge in [-0.3, -0.25) is 0 Å². The molecule has 2 aromatic carbocycles. The third-order valence-corrected chi connectivity index (χ3v) is 4.44. The summed E-state index contributed by atoms with van der Waals surface area (Å²) >= 11 is 0. The number of allylic oxidation sites excluding steroid dienone is 3. The van der Waals surface area contributed by atoms with Crippen molar-refractivity contribution in [2.24, 2.45) is 5.73 Å². The van der Waals surface area contributed by atoms with Crippen LogP contribution in [0.25, 0.3) is 16.9 Å². The molecule has 128 valence electrons. The first-order valence-electron chi connectivity index (χ1n) is 8.65. The van der Waals surface area contributed by atoms with Gasteiger partial charge in [0, 0.05) is 23.5 Å². The van der Waals surface area contributed by atoms with E-state index in [-0.39, 0.29) is 0 Å². The Hall–Kier alpha value is -3.40. The molecular formula is C22H21N4+. The highest BCUT2D eigenvalue weighted by Gasteiger charge is 2.30. The molecule has 26 heavy (non-hydrogen) atoms. The maximum Gasteiger partial charge on any atom is 0.273 e. The van der Waals surface area contributed by atoms with Crippen molar-refractivity contribution in [3.8, 4) is 11.1 Å². The van der Waals surface area contributed by atoms with Crippen molar-refractivity contribution in [2.45, 2.75) is 13.5 Å². The topological polar surface area (TPSA) is 46.9 Å². The minimum atomic E-state index is 0.617. The van der Waals surface area contributed by atoms with Crippen molar-refractivity contribution in [3.05, 3.63) is 96.0 Å². The van der Waals surface area contributed by atoms with Crippen molar-refractivity contribution >= 4 is 12.0 Å². The zero-order valence-electron chi connectivity index (χ0n) is 14.7. The molecular weight excluding hydrogens is 320 g/mol. The number of nitrogens with zero attached hydrogens (tertiary/aromatic N) is 3. The molecule has 0 amide bonds. The van der Waals surface area contributed by atoms with Crippen LogP contribution in [0.15, 0.2) is 90.4 Å². The Balaban J connectivity index is 1.48. The number of hydrogen-bond donors (Lipinski definition) is 1. The van der Waals surface area contributed by atoms with Gasteiger partial charge >= 0.3 is 0 Å². The highest BCUT2D eigenvalue weighted by Crippen LogP contribution is 2.23. The third-order valence-electron chi connectivity index (χ3n) is 4.44. The van der Waals surface area contributed by atoms with Crippen LogP contribution in [-0.4, -0.2) is 20.6 Å². The van der Waals surface area contributed by atoms with E-state index < -0.39 is 0 Å². The predicted molar refractivity (Wildman–Crippen MR) is 105 cm³/mol. The van der Waals surface area contributed by atoms with Gasteiger partial charge in [0.15, 0.2) is 6.54 Å². The second-order valence-electron chi connectivity index (χ2n) is 6.41. The van der Waals surface area contributed by atoms with Crippen LogP contribution in [0.2, 0.25) is 0 Å². The van der Waals surface area contributed by atoms with Gasteiger partial charge in [-0.2, -0.15) is 9.67 Å². The van der Waals surface area contributed by atoms with Crippen LogP contribution >= 0.6 is 0 Å². The molecule has 0 saturated carbocycles. The first-order chi connectivity index (χ1) is 12.7. The van der Waals surface area contributed by atoms with Crippen LogP contribution in [-0.2, 0) is 6.54 Å². The first kappa shape index (κ1) is 16.1. The van der Waals surface area contributed by atoms with Crippen molar-refractivity contribution in [2.75, 3.05) is 0 Å². The average molecular weight is 341 g/mol. The van der Waals surface area contributed by atoms with Crippen LogP contribution in [0.3, 0.4) is 0 Å². The van der Waals surface area contributed by atoms with Gasteiger partial charge in [0.1, 0.15) is 5.82 Å². The lowest BCUT2D eigenvalue weighted by molar-refractivity contribution is -0.422. The first-order valence-corrected chi connectivity index (χ1v) is 8.65. The van der Waals surface area contributed by atoms with Crippen LogP contribution in [0.4, 0.5) is 0 Å². The van der Waals surface area contributed by atoms with Gasteiger partial charge in [-0.25, -0.2) is 4.68 Å². The van der Waals surface area contributed by atoms with E-state index >= 15 is 0 Å². The summed E-state index contributed by atoms with van der Waals surface area (Å²) in [6.07, 6.45) is 7.67. The van der Waals surface area contributed by atoms with Gasteiger partial charge in [0.25, 0.3) is 5.70 Å². The summed E-state index contributed by atoms with van der Waals surface area (Å²) in [5, 5.41) is 4.15. The Bertz CT molecular complexity index is 1010. The standard InChI is InChI=1S/C22H20N4/c1-17(13-22(23)26-12-6-11-24-26)21-16-25(21)15-18-7-5-10-20(14-18)19-8-3-2-4-9-19/h2-14,16,23H,15H2,1H3/p+1. The zero-order valence-corrected chi connectivity index (χ0v) is 14.7. The second-order valence-corrected chi connectivity index (χ2v) is 6.41. The van der Waals surface area contributed by atoms with E-state index in [2.05, 4.69) is 71.3 Å². The summed E-state index contributed by atoms with van der Waals surface area (Å²) in [6, 6.07) is 21.0. The summed E-state index contributed by atoms with van der Waals surface area (Å²) < 4.78 is 3.91. The Labute approximate surface area is 153 Å². The van der Waals surface area contributed by atoms with E-state index in [1.54, 1.807) is 10.9 Å². The maximum atomic E-state index is 6.08. The van der Waals surface area contributed by atoms with E-state index in [1.807, 2.05) is 24.4 Å². The fourth-order valence-corrected chi connectivity index (χ4v) is 3.04. The third kappa shape index (κ3) is 3.49. The number of hydrogen-bond acceptors (Lipinski definition) is 2. The van der Waals surface area contributed by atoms with E-state index in [0.29, 0.717) is 5.82 Å². The summed E-state index contributed by atoms with van der Waals surface area (Å²) in [4.78, 5) is 0. The van der Waals surface area contributed by atoms with Crippen LogP contribution in [0.5, 0.6) is 0 Å². The Morgan fingerprint density at radius 1 is 1.08 bits per heavy atom. The summed E-state index contributed by atoms with van der Waals surface area (Å²) in [5.74, 6) is 0.617. The molecule has 0 aliphatic carbocycles. The molecule has 2 N–H and O–H groups in total. The molecule has 0 atom stereocenters. The van der Waals surface area contributed by atoms with E-state index in [1.165, 1.54) is 22.4 Å². The molecule has 4 heteroatoms. The van der Waals surface area contributed by atoms with Gasteiger partial charge in [0.05, 0.1) is 0 Å². The molecule has 1 aliphatic heterocycles. The van der Waals surface area contributed by atoms with Crippen LogP contribution in [0, 0.1) is 0 Å². The van der Waals surface area contributed by atoms with E-state index in [4.69, 9.17) is 5.73 Å². The number of aromatic nitrogens is 2. The van der Waals surface area contributed by atoms with Gasteiger partial charge in [-0.15, -0.1) is 0 Å². The highest BCUT2D eigenvalue weighted by atomic mass is 15.3. The quantitative estimate of drug-likeness (QED) is 0.716. The molecule has 4 rings (SSSR count). The fourth-order valence-electron chi connectivity index (χ4n) is 3.04. The minimum Gasteiger partial charge on any atom is -0.384 e. The molecule has 3 aromatic rings. The summed E-state index contributed by atoms with van der Waals surface area (Å²) in [5.41, 5.74) is 12.2. The molecule has 0 unspecified atom stereocenters. The molecule has 0 fully saturated rings. The number of benzene rings is 2. The van der Waals surface area contributed by atoms with Crippen molar-refractivity contribution < 1.29 is 4.58 Å². The van der Waals surface area contributed by atoms with E-state index in [0.717, 1.165) is 12.1 Å². The molecule has 0 spiro atoms. The molecule has 0 bridgehead atoms. The lowest BCUT2D eigenvalue weighted by atomic mass is 10.0. The van der Waals surface area contributed by atoms with Crippen molar-refractivity contribution in [1.82, 2.24) is 9.78 Å². The Morgan fingerprint density at radius 3 is 2.65 bits per heavy atom. The van der Waals surface area contributed by atoms with Gasteiger partial charge in [-0.1, -0.05) is 48.5 Å². The Kier molecular flexibility index (Phi) is 4.23. The van der Waals surface area contributed by atoms with Crippen molar-refractivity contribution in [1.29, 1.82) is 0 Å². The molecule has 1 aromatic heterocycles. The summed E-state index contributed by atoms with van der Waals surface area (Å²) in [6.45, 7) is 2.94. The lowest BCUT2D eigenvalue weighted by Gasteiger charge is -2.03. The maximum absolute atomic E-state index is 6.08. The summed E-state index contributed by atoms with van der Waals surface area (Å²) in [7, 11) is 0. The largest absolute Gasteiger partial charge is 0.384 e. The smallest absolute Gasteiger partial charge is 0.273 e. The molecule has 2 heterocycles. The van der Waals surface area contributed by atoms with Gasteiger partial charge in [0.2, 0.25) is 6.21 Å². The zero-order chi connectivity index (χ0) is 17.9. The van der Waals surface area contributed by atoms with Crippen LogP contribution in [0.1, 0.15) is 12.5 Å². The van der Waals surface area contributed by atoms with Gasteiger partial charge < -0.3 is 5.73 Å². The normalized spacial score (nSPS) is 15.6. The predicted octanol–water partition coefficient (Wildman–Crippen LogP) is 3.88. The lowest BCUT2D eigenvalue weighted by Crippen LogP contribution is -2.06. The fraction of sp³-hybridized carbons (Fsp3) is 0.0909. The van der Waals surface area contributed by atoms with Crippen LogP contribution < -0.4 is 5.73 Å². The molecule has 4 nitrogen and oxygen atoms in total. The molecule has 0 radical (unpaired) electrons. The monoisotopic (exact) mass is 341 g/mol.